The molecule has 0 unspecified atom stereocenters. The second-order valence-electron chi connectivity index (χ2n) is 7.62. The van der Waals surface area contributed by atoms with E-state index in [9.17, 15) is 38.2 Å². The summed E-state index contributed by atoms with van der Waals surface area (Å²) in [6.07, 6.45) is 0. The minimum atomic E-state index is -5.33. The Balaban J connectivity index is 6.24. The first-order valence-corrected chi connectivity index (χ1v) is 13.2. The Morgan fingerprint density at radius 3 is 1.00 bits per heavy atom. The Morgan fingerprint density at radius 2 is 0.795 bits per heavy atom. The van der Waals surface area contributed by atoms with Crippen LogP contribution in [0.2, 0.25) is 0 Å². The molecule has 0 amide bonds. The second kappa shape index (κ2) is 16.8. The van der Waals surface area contributed by atoms with Gasteiger partial charge in [-0.3, -0.25) is 37.8 Å². The highest BCUT2D eigenvalue weighted by Crippen LogP contribution is 2.47. The van der Waals surface area contributed by atoms with E-state index >= 15 is 0 Å². The third-order valence-electron chi connectivity index (χ3n) is 4.66. The molecule has 224 valence electrons. The maximum Gasteiger partial charge on any atom is 0.472 e. The van der Waals surface area contributed by atoms with Crippen LogP contribution in [0.25, 0.3) is 0 Å². The molecule has 0 aromatic carbocycles. The van der Waals surface area contributed by atoms with Crippen molar-refractivity contribution >= 4 is 43.6 Å². The van der Waals surface area contributed by atoms with Crippen molar-refractivity contribution in [3.63, 3.8) is 0 Å². The molecule has 0 heterocycles. The highest BCUT2D eigenvalue weighted by molar-refractivity contribution is 7.47. The van der Waals surface area contributed by atoms with Crippen LogP contribution in [0.4, 0.5) is 0 Å². The first kappa shape index (κ1) is 35.9. The molecule has 0 bridgehead atoms. The van der Waals surface area contributed by atoms with Crippen LogP contribution in [0.15, 0.2) is 0 Å². The van der Waals surface area contributed by atoms with E-state index in [4.69, 9.17) is 37.5 Å². The SMILES string of the molecule is CCOC(=O)C(COC(C)=O)(COP(=O)(O)OCC(COC(C)=O)(C(=O)OCC)C(=O)OCC)C(=O)OCC. The van der Waals surface area contributed by atoms with Gasteiger partial charge in [-0.25, -0.2) is 4.57 Å². The molecule has 0 saturated carbocycles. The summed E-state index contributed by atoms with van der Waals surface area (Å²) in [6, 6.07) is 0. The van der Waals surface area contributed by atoms with Gasteiger partial charge in [0.05, 0.1) is 39.6 Å². The van der Waals surface area contributed by atoms with Gasteiger partial charge < -0.3 is 33.3 Å². The van der Waals surface area contributed by atoms with Crippen LogP contribution in [-0.4, -0.2) is 93.6 Å². The van der Waals surface area contributed by atoms with Crippen molar-refractivity contribution in [1.82, 2.24) is 0 Å². The number of phosphoric ester groups is 1. The van der Waals surface area contributed by atoms with Gasteiger partial charge in [-0.2, -0.15) is 0 Å². The normalized spacial score (nSPS) is 11.7. The van der Waals surface area contributed by atoms with Gasteiger partial charge in [0.2, 0.25) is 10.8 Å². The van der Waals surface area contributed by atoms with E-state index in [1.165, 1.54) is 27.7 Å². The van der Waals surface area contributed by atoms with Crippen LogP contribution >= 0.6 is 7.82 Å². The van der Waals surface area contributed by atoms with E-state index in [-0.39, 0.29) is 26.4 Å². The Bertz CT molecular complexity index is 823. The molecule has 0 aliphatic carbocycles. The maximum absolute atomic E-state index is 12.8. The summed E-state index contributed by atoms with van der Waals surface area (Å²) in [5.41, 5.74) is -5.09. The van der Waals surface area contributed by atoms with Crippen molar-refractivity contribution in [3.05, 3.63) is 0 Å². The number of hydrogen-bond acceptors (Lipinski definition) is 15. The molecule has 16 nitrogen and oxygen atoms in total. The van der Waals surface area contributed by atoms with Crippen molar-refractivity contribution in [3.8, 4) is 0 Å². The number of carbonyl (C=O) groups excluding carboxylic acids is 6. The lowest BCUT2D eigenvalue weighted by molar-refractivity contribution is -0.182. The third-order valence-corrected chi connectivity index (χ3v) is 5.57. The van der Waals surface area contributed by atoms with Crippen LogP contribution in [0, 0.1) is 10.8 Å². The third kappa shape index (κ3) is 10.9. The summed E-state index contributed by atoms with van der Waals surface area (Å²) in [4.78, 5) is 84.0. The molecule has 0 saturated heterocycles. The molecule has 0 aliphatic rings. The fraction of sp³-hybridized carbons (Fsp3) is 0.727. The van der Waals surface area contributed by atoms with Gasteiger partial charge in [-0.1, -0.05) is 0 Å². The van der Waals surface area contributed by atoms with Gasteiger partial charge in [0.15, 0.2) is 0 Å². The minimum Gasteiger partial charge on any atom is -0.465 e. The number of esters is 6. The number of ether oxygens (including phenoxy) is 6. The number of hydrogen-bond donors (Lipinski definition) is 1. The first-order chi connectivity index (χ1) is 18.2. The fourth-order valence-corrected chi connectivity index (χ4v) is 3.51. The Hall–Kier alpha value is -3.07. The smallest absolute Gasteiger partial charge is 0.465 e. The standard InChI is InChI=1S/C22H35O16P/c1-7-31-17(25)21(11-35-15(5)23,18(26)32-8-2)13-37-39(29,30)38-14-22(12-36-16(6)24,19(27)33-9-3)20(28)34-10-4/h7-14H2,1-6H3,(H,29,30). The summed E-state index contributed by atoms with van der Waals surface area (Å²) in [5, 5.41) is 0. The summed E-state index contributed by atoms with van der Waals surface area (Å²) in [6.45, 7) is 2.22. The zero-order valence-corrected chi connectivity index (χ0v) is 23.6. The van der Waals surface area contributed by atoms with Crippen LogP contribution in [-0.2, 0) is 70.8 Å². The lowest BCUT2D eigenvalue weighted by Gasteiger charge is -2.30. The van der Waals surface area contributed by atoms with Crippen LogP contribution < -0.4 is 0 Å². The first-order valence-electron chi connectivity index (χ1n) is 11.7. The maximum atomic E-state index is 12.8. The predicted octanol–water partition coefficient (Wildman–Crippen LogP) is 0.471. The van der Waals surface area contributed by atoms with Gasteiger partial charge in [0.1, 0.15) is 13.2 Å². The average Bonchev–Trinajstić information content (AvgIpc) is 2.84. The van der Waals surface area contributed by atoms with Gasteiger partial charge in [0, 0.05) is 13.8 Å². The number of phosphoric acid groups is 1. The quantitative estimate of drug-likeness (QED) is 0.1000. The fourth-order valence-electron chi connectivity index (χ4n) is 2.67. The highest BCUT2D eigenvalue weighted by Gasteiger charge is 2.55. The van der Waals surface area contributed by atoms with E-state index in [2.05, 4.69) is 0 Å². The summed E-state index contributed by atoms with van der Waals surface area (Å²) in [7, 11) is -5.33. The van der Waals surface area contributed by atoms with Crippen molar-refractivity contribution in [1.29, 1.82) is 0 Å². The molecule has 1 N–H and O–H groups in total. The summed E-state index contributed by atoms with van der Waals surface area (Å²) in [5.74, 6) is -7.01. The molecule has 0 fully saturated rings. The van der Waals surface area contributed by atoms with E-state index in [0.29, 0.717) is 0 Å². The number of rotatable bonds is 18. The van der Waals surface area contributed by atoms with Crippen molar-refractivity contribution in [2.24, 2.45) is 10.8 Å². The minimum absolute atomic E-state index is 0.231. The Morgan fingerprint density at radius 1 is 0.538 bits per heavy atom. The number of carbonyl (C=O) groups is 6. The Labute approximate surface area is 225 Å². The monoisotopic (exact) mass is 586 g/mol. The highest BCUT2D eigenvalue weighted by atomic mass is 31.2. The second-order valence-corrected chi connectivity index (χ2v) is 9.08. The molecule has 0 aliphatic heterocycles. The molecule has 0 spiro atoms. The van der Waals surface area contributed by atoms with E-state index in [0.717, 1.165) is 13.8 Å². The van der Waals surface area contributed by atoms with E-state index in [1.807, 2.05) is 0 Å². The zero-order chi connectivity index (χ0) is 30.3. The molecule has 0 rings (SSSR count). The molecule has 0 atom stereocenters. The van der Waals surface area contributed by atoms with Crippen molar-refractivity contribution in [2.75, 3.05) is 52.9 Å². The van der Waals surface area contributed by atoms with Gasteiger partial charge in [-0.05, 0) is 27.7 Å². The van der Waals surface area contributed by atoms with Crippen LogP contribution in [0.3, 0.4) is 0 Å². The summed E-state index contributed by atoms with van der Waals surface area (Å²) < 4.78 is 51.5. The topological polar surface area (TPSA) is 214 Å². The largest absolute Gasteiger partial charge is 0.472 e. The van der Waals surface area contributed by atoms with Crippen molar-refractivity contribution < 1.29 is 75.7 Å². The lowest BCUT2D eigenvalue weighted by Crippen LogP contribution is -2.50. The van der Waals surface area contributed by atoms with Crippen LogP contribution in [0.5, 0.6) is 0 Å². The lowest BCUT2D eigenvalue weighted by atomic mass is 9.90. The average molecular weight is 586 g/mol. The Kier molecular flexibility index (Phi) is 15.5. The zero-order valence-electron chi connectivity index (χ0n) is 22.7. The summed E-state index contributed by atoms with van der Waals surface area (Å²) >= 11 is 0. The molecular formula is C22H35O16P. The van der Waals surface area contributed by atoms with Crippen LogP contribution in [0.1, 0.15) is 41.5 Å². The molecule has 0 aromatic heterocycles. The molecule has 39 heavy (non-hydrogen) atoms. The predicted molar refractivity (Wildman–Crippen MR) is 126 cm³/mol. The van der Waals surface area contributed by atoms with Crippen molar-refractivity contribution in [2.45, 2.75) is 41.5 Å². The molecule has 17 heteroatoms. The molecular weight excluding hydrogens is 551 g/mol. The van der Waals surface area contributed by atoms with Gasteiger partial charge in [0.25, 0.3) is 0 Å². The van der Waals surface area contributed by atoms with Gasteiger partial charge >= 0.3 is 43.6 Å². The van der Waals surface area contributed by atoms with E-state index in [1.54, 1.807) is 0 Å². The van der Waals surface area contributed by atoms with Gasteiger partial charge in [-0.15, -0.1) is 0 Å². The van der Waals surface area contributed by atoms with E-state index < -0.39 is 80.9 Å². The molecule has 0 radical (unpaired) electrons. The molecule has 0 aromatic rings.